The third-order valence-electron chi connectivity index (χ3n) is 13.3. The summed E-state index contributed by atoms with van der Waals surface area (Å²) in [7, 11) is -0.610. The van der Waals surface area contributed by atoms with Crippen LogP contribution in [0, 0.1) is 29.1 Å². The molecule has 2 saturated heterocycles. The summed E-state index contributed by atoms with van der Waals surface area (Å²) in [5.74, 6) is -6.26. The van der Waals surface area contributed by atoms with Gasteiger partial charge in [-0.05, 0) is 74.5 Å². The van der Waals surface area contributed by atoms with E-state index in [9.17, 15) is 38.7 Å². The first-order chi connectivity index (χ1) is 27.6. The van der Waals surface area contributed by atoms with Gasteiger partial charge in [0.2, 0.25) is 29.5 Å². The van der Waals surface area contributed by atoms with Gasteiger partial charge in [-0.1, -0.05) is 74.1 Å². The molecule has 2 aliphatic heterocycles. The first kappa shape index (κ1) is 47.9. The minimum atomic E-state index is -1.50. The molecule has 10 atom stereocenters. The van der Waals surface area contributed by atoms with Crippen molar-refractivity contribution in [2.45, 2.75) is 180 Å². The van der Waals surface area contributed by atoms with Gasteiger partial charge in [0.05, 0.1) is 30.1 Å². The second kappa shape index (κ2) is 20.2. The smallest absolute Gasteiger partial charge is 0.481 e. The van der Waals surface area contributed by atoms with Gasteiger partial charge in [0.1, 0.15) is 24.2 Å². The summed E-state index contributed by atoms with van der Waals surface area (Å²) in [6.07, 6.45) is 6.12. The van der Waals surface area contributed by atoms with Crippen LogP contribution >= 0.6 is 0 Å². The van der Waals surface area contributed by atoms with Crippen molar-refractivity contribution in [3.8, 4) is 0 Å². The van der Waals surface area contributed by atoms with E-state index in [1.54, 1.807) is 27.7 Å². The third-order valence-corrected chi connectivity index (χ3v) is 13.3. The number of unbranched alkanes of at least 4 members (excludes halogenated alkanes) is 3. The Hall–Kier alpha value is -3.77. The van der Waals surface area contributed by atoms with E-state index >= 15 is 0 Å². The molecule has 59 heavy (non-hydrogen) atoms. The number of nitrogens with zero attached hydrogens (tertiary/aromatic N) is 1. The van der Waals surface area contributed by atoms with Crippen LogP contribution in [0.2, 0.25) is 0 Å². The molecule has 5 aliphatic rings. The van der Waals surface area contributed by atoms with Crippen molar-refractivity contribution in [1.82, 2.24) is 26.2 Å². The summed E-state index contributed by atoms with van der Waals surface area (Å²) in [4.78, 5) is 92.4. The van der Waals surface area contributed by atoms with Crippen LogP contribution < -0.4 is 27.0 Å². The lowest BCUT2D eigenvalue weighted by Crippen LogP contribution is -2.65. The Bertz CT molecular complexity index is 1560. The monoisotopic (exact) mass is 833 g/mol. The van der Waals surface area contributed by atoms with Crippen molar-refractivity contribution in [2.75, 3.05) is 6.54 Å². The molecule has 0 radical (unpaired) electrons. The van der Waals surface area contributed by atoms with E-state index in [1.165, 1.54) is 4.90 Å². The van der Waals surface area contributed by atoms with Crippen molar-refractivity contribution >= 4 is 48.6 Å². The highest BCUT2D eigenvalue weighted by Crippen LogP contribution is 2.65. The van der Waals surface area contributed by atoms with E-state index in [2.05, 4.69) is 49.0 Å². The highest BCUT2D eigenvalue weighted by molar-refractivity contribution is 6.48. The number of nitrogens with one attached hydrogen (secondary N) is 4. The maximum atomic E-state index is 14.3. The Morgan fingerprint density at radius 3 is 2.08 bits per heavy atom. The van der Waals surface area contributed by atoms with Gasteiger partial charge in [-0.2, -0.15) is 0 Å². The zero-order valence-corrected chi connectivity index (χ0v) is 36.2. The second-order valence-electron chi connectivity index (χ2n) is 18.6. The molecule has 0 unspecified atom stereocenters. The number of carboxylic acids is 2. The minimum Gasteiger partial charge on any atom is -0.481 e. The normalized spacial score (nSPS) is 26.8. The fraction of sp³-hybridized carbons (Fsp3) is 0.829. The average molecular weight is 833 g/mol. The van der Waals surface area contributed by atoms with E-state index in [0.717, 1.165) is 38.5 Å². The molecular formula is C41H69BN6O11. The van der Waals surface area contributed by atoms with Crippen LogP contribution in [0.3, 0.4) is 0 Å². The Morgan fingerprint density at radius 2 is 1.49 bits per heavy atom. The number of nitrogens with two attached hydrogens (primary N) is 1. The molecule has 2 bridgehead atoms. The van der Waals surface area contributed by atoms with Crippen LogP contribution in [0.25, 0.3) is 0 Å². The second-order valence-corrected chi connectivity index (χ2v) is 18.6. The summed E-state index contributed by atoms with van der Waals surface area (Å²) in [5.41, 5.74) is 5.38. The summed E-state index contributed by atoms with van der Waals surface area (Å²) >= 11 is 0. The molecule has 0 aromatic rings. The predicted molar refractivity (Wildman–Crippen MR) is 218 cm³/mol. The van der Waals surface area contributed by atoms with Crippen molar-refractivity contribution in [3.05, 3.63) is 0 Å². The molecule has 0 aromatic heterocycles. The van der Waals surface area contributed by atoms with Gasteiger partial charge in [0.15, 0.2) is 0 Å². The van der Waals surface area contributed by atoms with E-state index in [4.69, 9.17) is 20.1 Å². The lowest BCUT2D eigenvalue weighted by molar-refractivity contribution is -0.199. The van der Waals surface area contributed by atoms with Gasteiger partial charge in [0, 0.05) is 13.0 Å². The Kier molecular flexibility index (Phi) is 16.4. The SMILES string of the molecule is CCCCCC[C@H](NC(=O)[C@@H]1CCCN1C(=O)[C@@H](NC(=O)[C@@H](NC(=O)[C@H](CCC(=O)O)NC(=O)[C@@H](N)CC(=O)O)C(C)C)C(C)C)B1O[C@@H]2C[C@@H]3C[C@H](C3(C)C)[C@]2(C)O1. The van der Waals surface area contributed by atoms with Crippen LogP contribution in [0.5, 0.6) is 0 Å². The number of hydrogen-bond acceptors (Lipinski definition) is 10. The molecule has 3 aliphatic carbocycles. The van der Waals surface area contributed by atoms with Crippen molar-refractivity contribution < 1.29 is 53.1 Å². The first-order valence-electron chi connectivity index (χ1n) is 21.7. The van der Waals surface area contributed by atoms with Crippen LogP contribution in [0.4, 0.5) is 0 Å². The quantitative estimate of drug-likeness (QED) is 0.0612. The summed E-state index contributed by atoms with van der Waals surface area (Å²) in [6, 6.07) is -6.00. The van der Waals surface area contributed by atoms with E-state index in [-0.39, 0.29) is 23.8 Å². The molecule has 5 rings (SSSR count). The predicted octanol–water partition coefficient (Wildman–Crippen LogP) is 2.13. The Labute approximate surface area is 348 Å². The average Bonchev–Trinajstić information content (AvgIpc) is 3.79. The summed E-state index contributed by atoms with van der Waals surface area (Å²) < 4.78 is 13.4. The molecule has 17 nitrogen and oxygen atoms in total. The zero-order chi connectivity index (χ0) is 44.0. The molecule has 0 spiro atoms. The van der Waals surface area contributed by atoms with Gasteiger partial charge >= 0.3 is 19.1 Å². The number of amides is 5. The third kappa shape index (κ3) is 11.3. The molecule has 8 N–H and O–H groups in total. The van der Waals surface area contributed by atoms with Crippen LogP contribution in [-0.2, 0) is 42.9 Å². The number of likely N-dealkylation sites (tertiary alicyclic amines) is 1. The van der Waals surface area contributed by atoms with Crippen LogP contribution in [0.15, 0.2) is 0 Å². The Morgan fingerprint density at radius 1 is 0.831 bits per heavy atom. The zero-order valence-electron chi connectivity index (χ0n) is 36.2. The van der Waals surface area contributed by atoms with E-state index in [1.807, 2.05) is 0 Å². The number of carboxylic acid groups (broad SMARTS) is 2. The van der Waals surface area contributed by atoms with Gasteiger partial charge in [0.25, 0.3) is 0 Å². The fourth-order valence-electron chi connectivity index (χ4n) is 9.54. The van der Waals surface area contributed by atoms with Crippen LogP contribution in [0.1, 0.15) is 132 Å². The Balaban J connectivity index is 1.45. The molecule has 18 heteroatoms. The number of aliphatic carboxylic acids is 2. The molecule has 0 aromatic carbocycles. The van der Waals surface area contributed by atoms with E-state index in [0.29, 0.717) is 37.6 Å². The molecule has 5 fully saturated rings. The number of carbonyl (C=O) groups excluding carboxylic acids is 5. The highest BCUT2D eigenvalue weighted by atomic mass is 16.7. The summed E-state index contributed by atoms with van der Waals surface area (Å²) in [6.45, 7) is 16.1. The minimum absolute atomic E-state index is 0.0461. The fourth-order valence-corrected chi connectivity index (χ4v) is 9.54. The van der Waals surface area contributed by atoms with Crippen molar-refractivity contribution in [2.24, 2.45) is 34.8 Å². The topological polar surface area (TPSA) is 256 Å². The van der Waals surface area contributed by atoms with Gasteiger partial charge < -0.3 is 51.4 Å². The molecule has 3 saturated carbocycles. The van der Waals surface area contributed by atoms with Gasteiger partial charge in [-0.25, -0.2) is 0 Å². The largest absolute Gasteiger partial charge is 0.481 e. The lowest BCUT2D eigenvalue weighted by atomic mass is 9.43. The van der Waals surface area contributed by atoms with Gasteiger partial charge in [-0.3, -0.25) is 33.6 Å². The molecule has 332 valence electrons. The number of carbonyl (C=O) groups is 7. The molecule has 5 amide bonds. The van der Waals surface area contributed by atoms with Crippen molar-refractivity contribution in [1.29, 1.82) is 0 Å². The summed E-state index contributed by atoms with van der Waals surface area (Å²) in [5, 5.41) is 29.2. The molecule has 2 heterocycles. The maximum Gasteiger partial charge on any atom is 0.481 e. The lowest BCUT2D eigenvalue weighted by Gasteiger charge is -2.64. The standard InChI is InChI=1S/C41H69BN6O11/c1-9-10-11-12-15-30(42-58-29-20-24-19-28(40(24,6)7)41(29,8)59-42)45-37(55)27-14-13-18-48(27)39(57)34(23(4)5)47-38(56)33(22(2)3)46-36(54)26(16-17-31(49)50)44-35(53)25(43)21-32(51)52/h22-30,33-34H,9-21,43H2,1-8H3,(H,44,53)(H,45,55)(H,46,54)(H,47,56)(H,49,50)(H,51,52)/t24-,25-,26-,27-,28+,29+,30-,33-,34-,41-/m0/s1. The molecular weight excluding hydrogens is 763 g/mol. The first-order valence-corrected chi connectivity index (χ1v) is 21.7. The van der Waals surface area contributed by atoms with E-state index < -0.39 is 109 Å². The van der Waals surface area contributed by atoms with Gasteiger partial charge in [-0.15, -0.1) is 0 Å². The number of hydrogen-bond donors (Lipinski definition) is 7. The number of rotatable bonds is 22. The van der Waals surface area contributed by atoms with Crippen molar-refractivity contribution in [3.63, 3.8) is 0 Å². The highest BCUT2D eigenvalue weighted by Gasteiger charge is 2.68. The maximum absolute atomic E-state index is 14.3. The van der Waals surface area contributed by atoms with Crippen LogP contribution in [-0.4, -0.2) is 118 Å².